The van der Waals surface area contributed by atoms with Crippen molar-refractivity contribution in [3.63, 3.8) is 0 Å². The number of nitrogens with zero attached hydrogens (tertiary/aromatic N) is 1. The summed E-state index contributed by atoms with van der Waals surface area (Å²) in [4.78, 5) is 4.27. The van der Waals surface area contributed by atoms with Gasteiger partial charge in [0.2, 0.25) is 0 Å². The summed E-state index contributed by atoms with van der Waals surface area (Å²) in [5.41, 5.74) is 1.11. The summed E-state index contributed by atoms with van der Waals surface area (Å²) in [6.45, 7) is 8.55. The first kappa shape index (κ1) is 17.6. The van der Waals surface area contributed by atoms with Gasteiger partial charge in [-0.1, -0.05) is 12.1 Å². The zero-order valence-electron chi connectivity index (χ0n) is 14.7. The molecule has 1 atom stereocenters. The van der Waals surface area contributed by atoms with Gasteiger partial charge in [0, 0.05) is 26.7 Å². The molecule has 0 amide bonds. The number of benzene rings is 1. The third kappa shape index (κ3) is 5.75. The molecule has 128 valence electrons. The van der Waals surface area contributed by atoms with Crippen LogP contribution in [0.4, 0.5) is 0 Å². The van der Waals surface area contributed by atoms with Crippen LogP contribution in [0.15, 0.2) is 29.3 Å². The van der Waals surface area contributed by atoms with Crippen molar-refractivity contribution >= 4 is 5.96 Å². The van der Waals surface area contributed by atoms with Gasteiger partial charge >= 0.3 is 0 Å². The highest BCUT2D eigenvalue weighted by Crippen LogP contribution is 2.23. The fourth-order valence-corrected chi connectivity index (χ4v) is 2.61. The van der Waals surface area contributed by atoms with E-state index in [4.69, 9.17) is 9.47 Å². The SMILES string of the molecule is CN=C(NCc1ccc(OC(C)C)cc1)NCC1(C)CCCO1. The Labute approximate surface area is 139 Å². The Bertz CT molecular complexity index is 506. The van der Waals surface area contributed by atoms with E-state index in [-0.39, 0.29) is 11.7 Å². The minimum atomic E-state index is -0.0759. The van der Waals surface area contributed by atoms with E-state index < -0.39 is 0 Å². The lowest BCUT2D eigenvalue weighted by molar-refractivity contribution is 0.0243. The van der Waals surface area contributed by atoms with E-state index in [2.05, 4.69) is 34.7 Å². The Hall–Kier alpha value is -1.75. The third-order valence-electron chi connectivity index (χ3n) is 3.91. The minimum absolute atomic E-state index is 0.0759. The Balaban J connectivity index is 1.78. The first-order valence-corrected chi connectivity index (χ1v) is 8.35. The fourth-order valence-electron chi connectivity index (χ4n) is 2.61. The van der Waals surface area contributed by atoms with Crippen molar-refractivity contribution < 1.29 is 9.47 Å². The van der Waals surface area contributed by atoms with Crippen LogP contribution in [-0.2, 0) is 11.3 Å². The normalized spacial score (nSPS) is 21.5. The van der Waals surface area contributed by atoms with Gasteiger partial charge in [0.1, 0.15) is 5.75 Å². The lowest BCUT2D eigenvalue weighted by Gasteiger charge is -2.24. The van der Waals surface area contributed by atoms with Crippen molar-refractivity contribution in [2.24, 2.45) is 4.99 Å². The Morgan fingerprint density at radius 3 is 2.61 bits per heavy atom. The van der Waals surface area contributed by atoms with E-state index in [0.29, 0.717) is 0 Å². The lowest BCUT2D eigenvalue weighted by atomic mass is 10.0. The molecule has 5 nitrogen and oxygen atoms in total. The van der Waals surface area contributed by atoms with Crippen LogP contribution in [0.2, 0.25) is 0 Å². The van der Waals surface area contributed by atoms with Crippen LogP contribution in [0, 0.1) is 0 Å². The molecule has 1 heterocycles. The average molecular weight is 319 g/mol. The zero-order chi connectivity index (χ0) is 16.7. The second-order valence-electron chi connectivity index (χ2n) is 6.49. The van der Waals surface area contributed by atoms with Crippen LogP contribution in [0.1, 0.15) is 39.2 Å². The smallest absolute Gasteiger partial charge is 0.191 e. The second-order valence-corrected chi connectivity index (χ2v) is 6.49. The Morgan fingerprint density at radius 1 is 1.30 bits per heavy atom. The van der Waals surface area contributed by atoms with Gasteiger partial charge in [-0.05, 0) is 51.3 Å². The average Bonchev–Trinajstić information content (AvgIpc) is 2.95. The molecule has 1 fully saturated rings. The molecule has 0 spiro atoms. The van der Waals surface area contributed by atoms with Crippen LogP contribution in [0.25, 0.3) is 0 Å². The van der Waals surface area contributed by atoms with Crippen molar-refractivity contribution in [1.29, 1.82) is 0 Å². The number of nitrogens with one attached hydrogen (secondary N) is 2. The van der Waals surface area contributed by atoms with Crippen molar-refractivity contribution in [2.75, 3.05) is 20.2 Å². The number of hydrogen-bond acceptors (Lipinski definition) is 3. The van der Waals surface area contributed by atoms with Gasteiger partial charge in [0.15, 0.2) is 5.96 Å². The molecule has 2 N–H and O–H groups in total. The molecule has 1 aromatic rings. The first-order valence-electron chi connectivity index (χ1n) is 8.35. The molecule has 1 aliphatic rings. The van der Waals surface area contributed by atoms with Gasteiger partial charge in [-0.3, -0.25) is 4.99 Å². The van der Waals surface area contributed by atoms with Crippen LogP contribution in [0.5, 0.6) is 5.75 Å². The molecule has 0 radical (unpaired) electrons. The maximum Gasteiger partial charge on any atom is 0.191 e. The summed E-state index contributed by atoms with van der Waals surface area (Å²) in [7, 11) is 1.78. The topological polar surface area (TPSA) is 54.9 Å². The van der Waals surface area contributed by atoms with Crippen molar-refractivity contribution in [3.8, 4) is 5.75 Å². The van der Waals surface area contributed by atoms with E-state index in [1.807, 2.05) is 26.0 Å². The molecular weight excluding hydrogens is 290 g/mol. The largest absolute Gasteiger partial charge is 0.491 e. The fraction of sp³-hybridized carbons (Fsp3) is 0.611. The standard InChI is InChI=1S/C18H29N3O2/c1-14(2)23-16-8-6-15(7-9-16)12-20-17(19-4)21-13-18(3)10-5-11-22-18/h6-9,14H,5,10-13H2,1-4H3,(H2,19,20,21). The minimum Gasteiger partial charge on any atom is -0.491 e. The van der Waals surface area contributed by atoms with Crippen molar-refractivity contribution in [1.82, 2.24) is 10.6 Å². The number of rotatable bonds is 6. The highest BCUT2D eigenvalue weighted by atomic mass is 16.5. The van der Waals surface area contributed by atoms with E-state index in [1.165, 1.54) is 5.56 Å². The predicted molar refractivity (Wildman–Crippen MR) is 94.0 cm³/mol. The monoisotopic (exact) mass is 319 g/mol. The summed E-state index contributed by atoms with van der Waals surface area (Å²) >= 11 is 0. The molecular formula is C18H29N3O2. The molecule has 1 unspecified atom stereocenters. The molecule has 2 rings (SSSR count). The highest BCUT2D eigenvalue weighted by molar-refractivity contribution is 5.79. The molecule has 1 aliphatic heterocycles. The Kier molecular flexibility index (Phi) is 6.28. The number of aliphatic imine (C=N–C) groups is 1. The van der Waals surface area contributed by atoms with Gasteiger partial charge in [0.25, 0.3) is 0 Å². The van der Waals surface area contributed by atoms with Gasteiger partial charge in [0.05, 0.1) is 11.7 Å². The molecule has 0 aromatic heterocycles. The molecule has 23 heavy (non-hydrogen) atoms. The van der Waals surface area contributed by atoms with E-state index in [9.17, 15) is 0 Å². The maximum absolute atomic E-state index is 5.78. The maximum atomic E-state index is 5.78. The molecule has 5 heteroatoms. The zero-order valence-corrected chi connectivity index (χ0v) is 14.7. The predicted octanol–water partition coefficient (Wildman–Crippen LogP) is 2.71. The van der Waals surface area contributed by atoms with Gasteiger partial charge in [-0.25, -0.2) is 0 Å². The Morgan fingerprint density at radius 2 is 2.04 bits per heavy atom. The van der Waals surface area contributed by atoms with Crippen LogP contribution < -0.4 is 15.4 Å². The van der Waals surface area contributed by atoms with E-state index >= 15 is 0 Å². The highest BCUT2D eigenvalue weighted by Gasteiger charge is 2.29. The van der Waals surface area contributed by atoms with Crippen molar-refractivity contribution in [3.05, 3.63) is 29.8 Å². The summed E-state index contributed by atoms with van der Waals surface area (Å²) in [5.74, 6) is 1.70. The second kappa shape index (κ2) is 8.20. The first-order chi connectivity index (χ1) is 11.0. The van der Waals surface area contributed by atoms with Crippen LogP contribution in [-0.4, -0.2) is 37.9 Å². The van der Waals surface area contributed by atoms with E-state index in [0.717, 1.165) is 44.2 Å². The summed E-state index contributed by atoms with van der Waals surface area (Å²) in [6, 6.07) is 8.14. The quantitative estimate of drug-likeness (QED) is 0.625. The van der Waals surface area contributed by atoms with E-state index in [1.54, 1.807) is 7.05 Å². The number of guanidine groups is 1. The molecule has 0 aliphatic carbocycles. The third-order valence-corrected chi connectivity index (χ3v) is 3.91. The van der Waals surface area contributed by atoms with Gasteiger partial charge in [-0.15, -0.1) is 0 Å². The number of hydrogen-bond donors (Lipinski definition) is 2. The lowest BCUT2D eigenvalue weighted by Crippen LogP contribution is -2.45. The van der Waals surface area contributed by atoms with Gasteiger partial charge < -0.3 is 20.1 Å². The van der Waals surface area contributed by atoms with Crippen LogP contribution >= 0.6 is 0 Å². The number of ether oxygens (including phenoxy) is 2. The summed E-state index contributed by atoms with van der Waals surface area (Å²) in [5, 5.41) is 6.68. The summed E-state index contributed by atoms with van der Waals surface area (Å²) in [6.07, 6.45) is 2.42. The molecule has 1 aromatic carbocycles. The van der Waals surface area contributed by atoms with Gasteiger partial charge in [-0.2, -0.15) is 0 Å². The molecule has 0 saturated carbocycles. The molecule has 0 bridgehead atoms. The van der Waals surface area contributed by atoms with Crippen molar-refractivity contribution in [2.45, 2.75) is 51.9 Å². The summed E-state index contributed by atoms with van der Waals surface area (Å²) < 4.78 is 11.4. The van der Waals surface area contributed by atoms with Crippen LogP contribution in [0.3, 0.4) is 0 Å². The molecule has 1 saturated heterocycles.